The number of aromatic hydroxyl groups is 2. The number of phenolic OH excluding ortho intramolecular Hbond substituents is 2. The average molecular weight is 300 g/mol. The van der Waals surface area contributed by atoms with E-state index in [4.69, 9.17) is 9.47 Å². The lowest BCUT2D eigenvalue weighted by Crippen LogP contribution is -1.99. The summed E-state index contributed by atoms with van der Waals surface area (Å²) in [6.07, 6.45) is 2.87. The van der Waals surface area contributed by atoms with Crippen LogP contribution in [0, 0.1) is 0 Å². The Balaban J connectivity index is 2.30. The van der Waals surface area contributed by atoms with E-state index in [1.165, 1.54) is 32.4 Å². The van der Waals surface area contributed by atoms with Crippen molar-refractivity contribution in [2.24, 2.45) is 0 Å². The summed E-state index contributed by atoms with van der Waals surface area (Å²) in [5, 5.41) is 19.5. The molecule has 0 saturated heterocycles. The van der Waals surface area contributed by atoms with Crippen molar-refractivity contribution in [2.45, 2.75) is 0 Å². The summed E-state index contributed by atoms with van der Waals surface area (Å²) in [6.45, 7) is 0. The number of phenols is 2. The van der Waals surface area contributed by atoms with Crippen LogP contribution in [0.4, 0.5) is 0 Å². The minimum Gasteiger partial charge on any atom is -0.508 e. The van der Waals surface area contributed by atoms with Crippen molar-refractivity contribution in [2.75, 3.05) is 14.2 Å². The maximum atomic E-state index is 12.2. The lowest BCUT2D eigenvalue weighted by Gasteiger charge is -2.11. The topological polar surface area (TPSA) is 76.0 Å². The molecule has 114 valence electrons. The number of benzene rings is 2. The van der Waals surface area contributed by atoms with Gasteiger partial charge in [0.25, 0.3) is 0 Å². The molecule has 0 aliphatic carbocycles. The van der Waals surface area contributed by atoms with Gasteiger partial charge in [-0.05, 0) is 35.9 Å². The molecule has 0 radical (unpaired) electrons. The predicted octanol–water partition coefficient (Wildman–Crippen LogP) is 3.01. The monoisotopic (exact) mass is 300 g/mol. The molecule has 0 aliphatic rings. The number of carbonyl (C=O) groups excluding carboxylic acids is 1. The Morgan fingerprint density at radius 1 is 1.09 bits per heavy atom. The van der Waals surface area contributed by atoms with Crippen LogP contribution in [0.15, 0.2) is 42.5 Å². The molecule has 0 heterocycles. The Kier molecular flexibility index (Phi) is 4.68. The molecule has 2 aromatic carbocycles. The summed E-state index contributed by atoms with van der Waals surface area (Å²) in [5.41, 5.74) is 0.780. The first-order valence-electron chi connectivity index (χ1n) is 6.52. The number of rotatable bonds is 5. The Hall–Kier alpha value is -2.95. The zero-order valence-electron chi connectivity index (χ0n) is 12.2. The third kappa shape index (κ3) is 3.20. The van der Waals surface area contributed by atoms with E-state index in [1.54, 1.807) is 30.3 Å². The summed E-state index contributed by atoms with van der Waals surface area (Å²) in [5.74, 6) is -0.0922. The van der Waals surface area contributed by atoms with Crippen molar-refractivity contribution in [3.05, 3.63) is 53.6 Å². The molecular formula is C17H16O5. The summed E-state index contributed by atoms with van der Waals surface area (Å²) in [6, 6.07) is 9.50. The number of methoxy groups -OCH3 is 2. The number of allylic oxidation sites excluding steroid dienone is 1. The van der Waals surface area contributed by atoms with E-state index in [2.05, 4.69) is 0 Å². The molecule has 22 heavy (non-hydrogen) atoms. The summed E-state index contributed by atoms with van der Waals surface area (Å²) >= 11 is 0. The highest BCUT2D eigenvalue weighted by Crippen LogP contribution is 2.39. The van der Waals surface area contributed by atoms with Crippen LogP contribution >= 0.6 is 0 Å². The fourth-order valence-corrected chi connectivity index (χ4v) is 2.00. The van der Waals surface area contributed by atoms with Gasteiger partial charge in [-0.2, -0.15) is 0 Å². The van der Waals surface area contributed by atoms with Gasteiger partial charge in [0.05, 0.1) is 19.8 Å². The molecule has 2 aromatic rings. The minimum absolute atomic E-state index is 0.106. The quantitative estimate of drug-likeness (QED) is 0.655. The van der Waals surface area contributed by atoms with Gasteiger partial charge in [-0.15, -0.1) is 0 Å². The van der Waals surface area contributed by atoms with E-state index in [0.29, 0.717) is 11.3 Å². The second-order valence-electron chi connectivity index (χ2n) is 4.49. The highest BCUT2D eigenvalue weighted by Gasteiger charge is 2.17. The molecule has 0 aromatic heterocycles. The minimum atomic E-state index is -0.387. The van der Waals surface area contributed by atoms with Gasteiger partial charge in [-0.1, -0.05) is 18.2 Å². The van der Waals surface area contributed by atoms with Gasteiger partial charge < -0.3 is 19.7 Å². The van der Waals surface area contributed by atoms with Crippen LogP contribution in [-0.2, 0) is 0 Å². The second-order valence-corrected chi connectivity index (χ2v) is 4.49. The molecule has 2 N–H and O–H groups in total. The molecule has 0 fully saturated rings. The van der Waals surface area contributed by atoms with Crippen LogP contribution in [-0.4, -0.2) is 30.2 Å². The summed E-state index contributed by atoms with van der Waals surface area (Å²) < 4.78 is 10.1. The van der Waals surface area contributed by atoms with Crippen molar-refractivity contribution >= 4 is 11.9 Å². The fraction of sp³-hybridized carbons (Fsp3) is 0.118. The largest absolute Gasteiger partial charge is 0.508 e. The van der Waals surface area contributed by atoms with E-state index in [-0.39, 0.29) is 28.6 Å². The normalized spacial score (nSPS) is 10.6. The van der Waals surface area contributed by atoms with Crippen molar-refractivity contribution in [3.63, 3.8) is 0 Å². The molecule has 0 spiro atoms. The average Bonchev–Trinajstić information content (AvgIpc) is 2.52. The third-order valence-corrected chi connectivity index (χ3v) is 3.08. The predicted molar refractivity (Wildman–Crippen MR) is 82.7 cm³/mol. The van der Waals surface area contributed by atoms with Crippen molar-refractivity contribution in [3.8, 4) is 23.0 Å². The van der Waals surface area contributed by atoms with Crippen molar-refractivity contribution in [1.82, 2.24) is 0 Å². The van der Waals surface area contributed by atoms with Crippen LogP contribution in [0.2, 0.25) is 0 Å². The molecule has 5 nitrogen and oxygen atoms in total. The molecule has 2 rings (SSSR count). The molecule has 0 atom stereocenters. The van der Waals surface area contributed by atoms with Gasteiger partial charge in [-0.25, -0.2) is 0 Å². The van der Waals surface area contributed by atoms with Gasteiger partial charge in [0.2, 0.25) is 5.75 Å². The lowest BCUT2D eigenvalue weighted by atomic mass is 10.1. The fourth-order valence-electron chi connectivity index (χ4n) is 2.00. The Morgan fingerprint density at radius 2 is 1.86 bits per heavy atom. The van der Waals surface area contributed by atoms with E-state index >= 15 is 0 Å². The van der Waals surface area contributed by atoms with E-state index in [9.17, 15) is 15.0 Å². The molecule has 0 aliphatic heterocycles. The lowest BCUT2D eigenvalue weighted by molar-refractivity contribution is 0.104. The molecule has 5 heteroatoms. The highest BCUT2D eigenvalue weighted by atomic mass is 16.5. The first kappa shape index (κ1) is 15.4. The standard InChI is InChI=1S/C17H16O5/c1-21-15-9-7-13(16(20)17(15)22-2)14(19)8-6-11-4-3-5-12(18)10-11/h3-10,18,20H,1-2H3. The number of carbonyl (C=O) groups is 1. The van der Waals surface area contributed by atoms with E-state index in [1.807, 2.05) is 0 Å². The summed E-state index contributed by atoms with van der Waals surface area (Å²) in [7, 11) is 2.83. The summed E-state index contributed by atoms with van der Waals surface area (Å²) in [4.78, 5) is 12.2. The van der Waals surface area contributed by atoms with Crippen molar-refractivity contribution in [1.29, 1.82) is 0 Å². The Morgan fingerprint density at radius 3 is 2.50 bits per heavy atom. The number of hydrogen-bond acceptors (Lipinski definition) is 5. The molecule has 0 unspecified atom stereocenters. The number of hydrogen-bond donors (Lipinski definition) is 2. The first-order chi connectivity index (χ1) is 10.6. The van der Waals surface area contributed by atoms with Crippen LogP contribution in [0.1, 0.15) is 15.9 Å². The zero-order chi connectivity index (χ0) is 16.1. The van der Waals surface area contributed by atoms with Gasteiger partial charge in [0.1, 0.15) is 5.75 Å². The molecule has 0 amide bonds. The number of ketones is 1. The Labute approximate surface area is 128 Å². The van der Waals surface area contributed by atoms with Crippen LogP contribution in [0.5, 0.6) is 23.0 Å². The number of ether oxygens (including phenoxy) is 2. The highest BCUT2D eigenvalue weighted by molar-refractivity contribution is 6.09. The molecule has 0 bridgehead atoms. The zero-order valence-corrected chi connectivity index (χ0v) is 12.2. The second kappa shape index (κ2) is 6.67. The smallest absolute Gasteiger partial charge is 0.203 e. The van der Waals surface area contributed by atoms with Gasteiger partial charge in [0, 0.05) is 0 Å². The SMILES string of the molecule is COc1ccc(C(=O)C=Cc2cccc(O)c2)c(O)c1OC. The van der Waals surface area contributed by atoms with Gasteiger partial charge in [0.15, 0.2) is 17.3 Å². The maximum absolute atomic E-state index is 12.2. The third-order valence-electron chi connectivity index (χ3n) is 3.08. The van der Waals surface area contributed by atoms with Crippen LogP contribution in [0.25, 0.3) is 6.08 Å². The van der Waals surface area contributed by atoms with Crippen LogP contribution in [0.3, 0.4) is 0 Å². The molecular weight excluding hydrogens is 284 g/mol. The molecule has 0 saturated carbocycles. The van der Waals surface area contributed by atoms with Gasteiger partial charge >= 0.3 is 0 Å². The van der Waals surface area contributed by atoms with Gasteiger partial charge in [-0.3, -0.25) is 4.79 Å². The maximum Gasteiger partial charge on any atom is 0.203 e. The van der Waals surface area contributed by atoms with Crippen LogP contribution < -0.4 is 9.47 Å². The van der Waals surface area contributed by atoms with Crippen molar-refractivity contribution < 1.29 is 24.5 Å². The first-order valence-corrected chi connectivity index (χ1v) is 6.52. The van der Waals surface area contributed by atoms with E-state index in [0.717, 1.165) is 0 Å². The Bertz CT molecular complexity index is 719. The van der Waals surface area contributed by atoms with E-state index < -0.39 is 0 Å².